The maximum absolute atomic E-state index is 10.3. The van der Waals surface area contributed by atoms with Gasteiger partial charge in [-0.1, -0.05) is 0 Å². The highest BCUT2D eigenvalue weighted by Gasteiger charge is 2.20. The molecule has 6 nitrogen and oxygen atoms in total. The summed E-state index contributed by atoms with van der Waals surface area (Å²) < 4.78 is 0. The molecule has 13 heavy (non-hydrogen) atoms. The van der Waals surface area contributed by atoms with Gasteiger partial charge in [0.05, 0.1) is 0 Å². The minimum Gasteiger partial charge on any atom is -0.479 e. The molecule has 0 aliphatic heterocycles. The van der Waals surface area contributed by atoms with Gasteiger partial charge >= 0.3 is 5.97 Å². The Balaban J connectivity index is 3.07. The second-order valence-corrected chi connectivity index (χ2v) is 2.65. The van der Waals surface area contributed by atoms with Crippen LogP contribution < -0.4 is 0 Å². The van der Waals surface area contributed by atoms with E-state index in [0.29, 0.717) is 0 Å². The van der Waals surface area contributed by atoms with Crippen molar-refractivity contribution in [2.24, 2.45) is 0 Å². The summed E-state index contributed by atoms with van der Waals surface area (Å²) in [5.41, 5.74) is 0. The predicted molar refractivity (Wildman–Crippen MR) is 42.4 cm³/mol. The number of carboxylic acids is 1. The zero-order valence-electron chi connectivity index (χ0n) is 5.98. The Morgan fingerprint density at radius 2 is 1.69 bits per heavy atom. The average Bonchev–Trinajstić information content (AvgIpc) is 2.01. The second kappa shape index (κ2) is 3.82. The fourth-order valence-corrected chi connectivity index (χ4v) is 0.949. The summed E-state index contributed by atoms with van der Waals surface area (Å²) >= 11 is 10.7. The maximum atomic E-state index is 10.3. The van der Waals surface area contributed by atoms with Crippen molar-refractivity contribution in [3.8, 4) is 0 Å². The Morgan fingerprint density at radius 3 is 2.08 bits per heavy atom. The molecule has 0 fully saturated rings. The van der Waals surface area contributed by atoms with Crippen molar-refractivity contribution in [3.05, 3.63) is 16.4 Å². The second-order valence-electron chi connectivity index (χ2n) is 1.97. The van der Waals surface area contributed by atoms with Crippen molar-refractivity contribution in [2.45, 2.75) is 6.10 Å². The zero-order valence-corrected chi connectivity index (χ0v) is 7.49. The average molecular weight is 224 g/mol. The van der Waals surface area contributed by atoms with Gasteiger partial charge in [-0.25, -0.2) is 4.79 Å². The first-order valence-electron chi connectivity index (χ1n) is 2.98. The summed E-state index contributed by atoms with van der Waals surface area (Å²) in [5.74, 6) is -1.88. The predicted octanol–water partition coefficient (Wildman–Crippen LogP) is 0.296. The van der Waals surface area contributed by atoms with Crippen LogP contribution in [0.15, 0.2) is 0 Å². The van der Waals surface area contributed by atoms with E-state index in [1.165, 1.54) is 0 Å². The van der Waals surface area contributed by atoms with Gasteiger partial charge in [0.15, 0.2) is 5.82 Å². The van der Waals surface area contributed by atoms with Gasteiger partial charge in [0.2, 0.25) is 16.7 Å². The Bertz CT molecular complexity index is 326. The molecule has 0 aliphatic rings. The van der Waals surface area contributed by atoms with Crippen LogP contribution in [0.25, 0.3) is 0 Å². The number of carboxylic acid groups (broad SMARTS) is 1. The molecule has 0 saturated carbocycles. The quantitative estimate of drug-likeness (QED) is 0.749. The van der Waals surface area contributed by atoms with E-state index in [-0.39, 0.29) is 10.6 Å². The fraction of sp³-hybridized carbons (Fsp3) is 0.200. The van der Waals surface area contributed by atoms with E-state index in [1.807, 2.05) is 0 Å². The summed E-state index contributed by atoms with van der Waals surface area (Å²) in [6.07, 6.45) is -1.85. The van der Waals surface area contributed by atoms with Crippen LogP contribution in [0, 0.1) is 0 Å². The largest absolute Gasteiger partial charge is 0.479 e. The van der Waals surface area contributed by atoms with E-state index in [9.17, 15) is 4.79 Å². The highest BCUT2D eigenvalue weighted by molar-refractivity contribution is 6.31. The highest BCUT2D eigenvalue weighted by Crippen LogP contribution is 2.12. The maximum Gasteiger partial charge on any atom is 0.340 e. The standard InChI is InChI=1S/C5H3Cl2N3O3/c6-4-8-2(1(11)3(12)13)9-5(7)10-4/h1,11H,(H,12,13). The molecule has 0 radical (unpaired) electrons. The molecular formula is C5H3Cl2N3O3. The summed E-state index contributed by atoms with van der Waals surface area (Å²) in [5, 5.41) is 16.8. The molecule has 0 aromatic carbocycles. The minimum atomic E-state index is -1.85. The molecule has 70 valence electrons. The van der Waals surface area contributed by atoms with E-state index >= 15 is 0 Å². The topological polar surface area (TPSA) is 96.2 Å². The lowest BCUT2D eigenvalue weighted by molar-refractivity contribution is -0.147. The molecule has 8 heteroatoms. The molecular weight excluding hydrogens is 221 g/mol. The fourth-order valence-electron chi connectivity index (χ4n) is 0.573. The number of aliphatic hydroxyl groups excluding tert-OH is 1. The third-order valence-corrected chi connectivity index (χ3v) is 1.41. The lowest BCUT2D eigenvalue weighted by Crippen LogP contribution is -2.14. The molecule has 0 aliphatic carbocycles. The smallest absolute Gasteiger partial charge is 0.340 e. The molecule has 0 amide bonds. The lowest BCUT2D eigenvalue weighted by atomic mass is 10.3. The van der Waals surface area contributed by atoms with Gasteiger partial charge in [0.1, 0.15) is 0 Å². The van der Waals surface area contributed by atoms with E-state index in [2.05, 4.69) is 15.0 Å². The molecule has 0 spiro atoms. The SMILES string of the molecule is O=C(O)C(O)c1nc(Cl)nc(Cl)n1. The van der Waals surface area contributed by atoms with Gasteiger partial charge in [0, 0.05) is 0 Å². The van der Waals surface area contributed by atoms with Crippen LogP contribution >= 0.6 is 23.2 Å². The number of aliphatic carboxylic acids is 1. The van der Waals surface area contributed by atoms with Gasteiger partial charge in [0.25, 0.3) is 0 Å². The molecule has 1 atom stereocenters. The van der Waals surface area contributed by atoms with E-state index in [4.69, 9.17) is 33.4 Å². The van der Waals surface area contributed by atoms with Crippen molar-refractivity contribution < 1.29 is 15.0 Å². The molecule has 1 unspecified atom stereocenters. The van der Waals surface area contributed by atoms with Crippen LogP contribution in [0.2, 0.25) is 10.6 Å². The Morgan fingerprint density at radius 1 is 1.23 bits per heavy atom. The third-order valence-electron chi connectivity index (χ3n) is 1.08. The number of carbonyl (C=O) groups is 1. The van der Waals surface area contributed by atoms with Crippen LogP contribution in [0.1, 0.15) is 11.9 Å². The third kappa shape index (κ3) is 2.48. The molecule has 1 aromatic heterocycles. The number of hydrogen-bond donors (Lipinski definition) is 2. The molecule has 1 aromatic rings. The number of halogens is 2. The Hall–Kier alpha value is -0.980. The first-order valence-corrected chi connectivity index (χ1v) is 3.74. The first kappa shape index (κ1) is 10.1. The molecule has 1 rings (SSSR count). The van der Waals surface area contributed by atoms with Gasteiger partial charge in [-0.05, 0) is 23.2 Å². The van der Waals surface area contributed by atoms with Crippen molar-refractivity contribution in [2.75, 3.05) is 0 Å². The highest BCUT2D eigenvalue weighted by atomic mass is 35.5. The van der Waals surface area contributed by atoms with Crippen molar-refractivity contribution in [1.29, 1.82) is 0 Å². The van der Waals surface area contributed by atoms with Gasteiger partial charge < -0.3 is 10.2 Å². The number of hydrogen-bond acceptors (Lipinski definition) is 5. The summed E-state index contributed by atoms with van der Waals surface area (Å²) in [6.45, 7) is 0. The summed E-state index contributed by atoms with van der Waals surface area (Å²) in [6, 6.07) is 0. The normalized spacial score (nSPS) is 12.5. The number of nitrogens with zero attached hydrogens (tertiary/aromatic N) is 3. The summed E-state index contributed by atoms with van der Waals surface area (Å²) in [4.78, 5) is 20.4. The molecule has 2 N–H and O–H groups in total. The first-order chi connectivity index (χ1) is 6.00. The van der Waals surface area contributed by atoms with Gasteiger partial charge in [-0.3, -0.25) is 0 Å². The van der Waals surface area contributed by atoms with Crippen molar-refractivity contribution in [3.63, 3.8) is 0 Å². The molecule has 1 heterocycles. The van der Waals surface area contributed by atoms with Gasteiger partial charge in [-0.15, -0.1) is 0 Å². The minimum absolute atomic E-state index is 0.268. The number of rotatable bonds is 2. The molecule has 0 saturated heterocycles. The number of aliphatic hydroxyl groups is 1. The van der Waals surface area contributed by atoms with Crippen LogP contribution in [0.4, 0.5) is 0 Å². The van der Waals surface area contributed by atoms with E-state index in [1.54, 1.807) is 0 Å². The van der Waals surface area contributed by atoms with Gasteiger partial charge in [-0.2, -0.15) is 15.0 Å². The summed E-state index contributed by atoms with van der Waals surface area (Å²) in [7, 11) is 0. The number of aromatic nitrogens is 3. The van der Waals surface area contributed by atoms with Crippen molar-refractivity contribution in [1.82, 2.24) is 15.0 Å². The Labute approximate surface area is 82.2 Å². The Kier molecular flexibility index (Phi) is 2.97. The van der Waals surface area contributed by atoms with Crippen LogP contribution in [0.3, 0.4) is 0 Å². The van der Waals surface area contributed by atoms with Crippen LogP contribution in [-0.2, 0) is 4.79 Å². The van der Waals surface area contributed by atoms with Crippen molar-refractivity contribution >= 4 is 29.2 Å². The van der Waals surface area contributed by atoms with E-state index < -0.39 is 17.9 Å². The van der Waals surface area contributed by atoms with Crippen LogP contribution in [0.5, 0.6) is 0 Å². The van der Waals surface area contributed by atoms with E-state index in [0.717, 1.165) is 0 Å². The monoisotopic (exact) mass is 223 g/mol. The lowest BCUT2D eigenvalue weighted by Gasteiger charge is -2.02. The molecule has 0 bridgehead atoms. The zero-order chi connectivity index (χ0) is 10.0. The van der Waals surface area contributed by atoms with Crippen LogP contribution in [-0.4, -0.2) is 31.1 Å².